The van der Waals surface area contributed by atoms with Crippen molar-refractivity contribution < 1.29 is 9.59 Å². The Labute approximate surface area is 94.5 Å². The number of benzene rings is 1. The van der Waals surface area contributed by atoms with Crippen molar-refractivity contribution in [1.82, 2.24) is 4.90 Å². The lowest BCUT2D eigenvalue weighted by Gasteiger charge is -2.17. The summed E-state index contributed by atoms with van der Waals surface area (Å²) in [6.07, 6.45) is 1.26. The van der Waals surface area contributed by atoms with Gasteiger partial charge in [0.2, 0.25) is 0 Å². The van der Waals surface area contributed by atoms with Crippen molar-refractivity contribution >= 4 is 18.0 Å². The van der Waals surface area contributed by atoms with E-state index >= 15 is 0 Å². The maximum atomic E-state index is 11.9. The highest BCUT2D eigenvalue weighted by Gasteiger charge is 2.28. The maximum absolute atomic E-state index is 11.9. The fraction of sp³-hybridized carbons (Fsp3) is 0.333. The number of carbonyl (C=O) groups is 2. The molecule has 0 radical (unpaired) electrons. The first-order chi connectivity index (χ1) is 7.83. The van der Waals surface area contributed by atoms with E-state index in [4.69, 9.17) is 0 Å². The topological polar surface area (TPSA) is 40.6 Å². The molecule has 4 heteroatoms. The van der Waals surface area contributed by atoms with E-state index in [1.165, 1.54) is 0 Å². The van der Waals surface area contributed by atoms with Gasteiger partial charge >= 0.3 is 6.03 Å². The fourth-order valence-electron chi connectivity index (χ4n) is 1.85. The van der Waals surface area contributed by atoms with Gasteiger partial charge < -0.3 is 9.69 Å². The summed E-state index contributed by atoms with van der Waals surface area (Å²) >= 11 is 0. The second kappa shape index (κ2) is 4.79. The van der Waals surface area contributed by atoms with Crippen molar-refractivity contribution in [2.75, 3.05) is 24.5 Å². The van der Waals surface area contributed by atoms with Crippen molar-refractivity contribution in [3.63, 3.8) is 0 Å². The van der Waals surface area contributed by atoms with Crippen LogP contribution >= 0.6 is 0 Å². The zero-order valence-corrected chi connectivity index (χ0v) is 9.00. The van der Waals surface area contributed by atoms with Gasteiger partial charge in [-0.25, -0.2) is 4.79 Å². The van der Waals surface area contributed by atoms with E-state index < -0.39 is 0 Å². The van der Waals surface area contributed by atoms with Gasteiger partial charge in [-0.2, -0.15) is 0 Å². The molecule has 2 rings (SSSR count). The summed E-state index contributed by atoms with van der Waals surface area (Å²) in [6, 6.07) is 9.58. The minimum atomic E-state index is -0.00644. The molecule has 4 nitrogen and oxygen atoms in total. The van der Waals surface area contributed by atoms with Crippen LogP contribution in [0.15, 0.2) is 30.3 Å². The molecule has 1 heterocycles. The van der Waals surface area contributed by atoms with E-state index in [1.807, 2.05) is 30.3 Å². The van der Waals surface area contributed by atoms with Crippen LogP contribution in [0.3, 0.4) is 0 Å². The third-order valence-corrected chi connectivity index (χ3v) is 2.68. The quantitative estimate of drug-likeness (QED) is 0.719. The molecule has 0 bridgehead atoms. The number of urea groups is 1. The maximum Gasteiger partial charge on any atom is 0.324 e. The standard InChI is InChI=1S/C12H14N2O2/c15-10-4-7-13-8-9-14(12(13)16)11-5-2-1-3-6-11/h1-3,5-6,10H,4,7-9H2. The molecule has 0 aliphatic carbocycles. The molecule has 84 valence electrons. The summed E-state index contributed by atoms with van der Waals surface area (Å²) in [7, 11) is 0. The Bertz CT molecular complexity index is 378. The number of hydrogen-bond acceptors (Lipinski definition) is 2. The molecule has 0 aromatic heterocycles. The van der Waals surface area contributed by atoms with Gasteiger partial charge in [0.25, 0.3) is 0 Å². The minimum Gasteiger partial charge on any atom is -0.322 e. The Morgan fingerprint density at radius 3 is 2.62 bits per heavy atom. The summed E-state index contributed by atoms with van der Waals surface area (Å²) in [5.74, 6) is 0. The van der Waals surface area contributed by atoms with Crippen LogP contribution in [-0.2, 0) is 4.79 Å². The number of para-hydroxylation sites is 1. The van der Waals surface area contributed by atoms with Crippen molar-refractivity contribution in [3.8, 4) is 0 Å². The molecule has 1 aliphatic heterocycles. The summed E-state index contributed by atoms with van der Waals surface area (Å²) < 4.78 is 0. The molecule has 0 saturated carbocycles. The highest BCUT2D eigenvalue weighted by Crippen LogP contribution is 2.19. The van der Waals surface area contributed by atoms with Crippen LogP contribution in [0, 0.1) is 0 Å². The normalized spacial score (nSPS) is 15.6. The Morgan fingerprint density at radius 1 is 1.19 bits per heavy atom. The average molecular weight is 218 g/mol. The lowest BCUT2D eigenvalue weighted by atomic mass is 10.3. The molecule has 2 amide bonds. The van der Waals surface area contributed by atoms with Crippen molar-refractivity contribution in [1.29, 1.82) is 0 Å². The molecule has 0 atom stereocenters. The lowest BCUT2D eigenvalue weighted by Crippen LogP contribution is -2.32. The van der Waals surface area contributed by atoms with E-state index in [1.54, 1.807) is 9.80 Å². The average Bonchev–Trinajstić information content (AvgIpc) is 2.69. The monoisotopic (exact) mass is 218 g/mol. The van der Waals surface area contributed by atoms with Crippen molar-refractivity contribution in [2.24, 2.45) is 0 Å². The number of aldehydes is 1. The third-order valence-electron chi connectivity index (χ3n) is 2.68. The minimum absolute atomic E-state index is 0.00644. The number of rotatable bonds is 4. The van der Waals surface area contributed by atoms with E-state index in [2.05, 4.69) is 0 Å². The molecular weight excluding hydrogens is 204 g/mol. The highest BCUT2D eigenvalue weighted by atomic mass is 16.2. The molecule has 0 N–H and O–H groups in total. The Kier molecular flexibility index (Phi) is 3.19. The Morgan fingerprint density at radius 2 is 1.94 bits per heavy atom. The van der Waals surface area contributed by atoms with Gasteiger partial charge in [0, 0.05) is 31.7 Å². The van der Waals surface area contributed by atoms with E-state index in [0.29, 0.717) is 26.1 Å². The molecular formula is C12H14N2O2. The summed E-state index contributed by atoms with van der Waals surface area (Å²) in [5.41, 5.74) is 0.918. The third kappa shape index (κ3) is 2.05. The number of nitrogens with zero attached hydrogens (tertiary/aromatic N) is 2. The largest absolute Gasteiger partial charge is 0.324 e. The van der Waals surface area contributed by atoms with E-state index in [9.17, 15) is 9.59 Å². The first-order valence-corrected chi connectivity index (χ1v) is 5.38. The molecule has 0 unspecified atom stereocenters. The molecule has 1 aromatic rings. The Hall–Kier alpha value is -1.84. The second-order valence-electron chi connectivity index (χ2n) is 3.71. The van der Waals surface area contributed by atoms with Gasteiger partial charge in [-0.1, -0.05) is 18.2 Å². The van der Waals surface area contributed by atoms with Gasteiger partial charge in [0.1, 0.15) is 6.29 Å². The molecule has 1 saturated heterocycles. The Balaban J connectivity index is 2.05. The zero-order chi connectivity index (χ0) is 11.4. The molecule has 16 heavy (non-hydrogen) atoms. The van der Waals surface area contributed by atoms with Crippen molar-refractivity contribution in [2.45, 2.75) is 6.42 Å². The summed E-state index contributed by atoms with van der Waals surface area (Å²) in [4.78, 5) is 25.7. The summed E-state index contributed by atoms with van der Waals surface area (Å²) in [5, 5.41) is 0. The number of anilines is 1. The van der Waals surface area contributed by atoms with Crippen LogP contribution in [0.1, 0.15) is 6.42 Å². The smallest absolute Gasteiger partial charge is 0.322 e. The summed E-state index contributed by atoms with van der Waals surface area (Å²) in [6.45, 7) is 1.91. The van der Waals surface area contributed by atoms with E-state index in [0.717, 1.165) is 12.0 Å². The van der Waals surface area contributed by atoms with Crippen LogP contribution in [0.5, 0.6) is 0 Å². The highest BCUT2D eigenvalue weighted by molar-refractivity contribution is 5.94. The molecule has 1 aromatic carbocycles. The number of hydrogen-bond donors (Lipinski definition) is 0. The number of amides is 2. The van der Waals surface area contributed by atoms with Gasteiger partial charge in [-0.15, -0.1) is 0 Å². The molecule has 1 fully saturated rings. The van der Waals surface area contributed by atoms with Crippen LogP contribution in [-0.4, -0.2) is 36.9 Å². The fourth-order valence-corrected chi connectivity index (χ4v) is 1.85. The van der Waals surface area contributed by atoms with Gasteiger partial charge in [-0.3, -0.25) is 4.90 Å². The first kappa shape index (κ1) is 10.7. The zero-order valence-electron chi connectivity index (χ0n) is 9.00. The van der Waals surface area contributed by atoms with Gasteiger partial charge in [-0.05, 0) is 12.1 Å². The lowest BCUT2D eigenvalue weighted by molar-refractivity contribution is -0.108. The first-order valence-electron chi connectivity index (χ1n) is 5.38. The van der Waals surface area contributed by atoms with E-state index in [-0.39, 0.29) is 6.03 Å². The number of carbonyl (C=O) groups excluding carboxylic acids is 2. The second-order valence-corrected chi connectivity index (χ2v) is 3.71. The van der Waals surface area contributed by atoms with Crippen LogP contribution in [0.2, 0.25) is 0 Å². The van der Waals surface area contributed by atoms with Crippen LogP contribution in [0.25, 0.3) is 0 Å². The van der Waals surface area contributed by atoms with Crippen LogP contribution in [0.4, 0.5) is 10.5 Å². The predicted octanol–water partition coefficient (Wildman–Crippen LogP) is 1.52. The molecule has 1 aliphatic rings. The predicted molar refractivity (Wildman–Crippen MR) is 61.4 cm³/mol. The van der Waals surface area contributed by atoms with Crippen molar-refractivity contribution in [3.05, 3.63) is 30.3 Å². The van der Waals surface area contributed by atoms with Gasteiger partial charge in [0.05, 0.1) is 0 Å². The SMILES string of the molecule is O=CCCN1CCN(c2ccccc2)C1=O. The van der Waals surface area contributed by atoms with Gasteiger partial charge in [0.15, 0.2) is 0 Å². The van der Waals surface area contributed by atoms with Crippen LogP contribution < -0.4 is 4.90 Å². The molecule has 0 spiro atoms.